The number of phenols is 1. The molecule has 0 heterocycles. The van der Waals surface area contributed by atoms with E-state index in [2.05, 4.69) is 18.7 Å². The fraction of sp³-hybridized carbons (Fsp3) is 0.462. The van der Waals surface area contributed by atoms with Gasteiger partial charge in [0.05, 0.1) is 11.3 Å². The van der Waals surface area contributed by atoms with E-state index in [-0.39, 0.29) is 17.1 Å². The van der Waals surface area contributed by atoms with E-state index in [9.17, 15) is 19.8 Å². The first kappa shape index (κ1) is 24.4. The minimum atomic E-state index is -1.01. The number of nitrogens with zero attached hydrogens (tertiary/aromatic N) is 1. The van der Waals surface area contributed by atoms with E-state index in [4.69, 9.17) is 0 Å². The SMILES string of the molecule is CCCN(CCC)c1ccc(C(=O)O)c(CCCCCCC(=O)c2ccccc2)c1O. The second-order valence-corrected chi connectivity index (χ2v) is 7.96. The molecular formula is C26H35NO4. The summed E-state index contributed by atoms with van der Waals surface area (Å²) in [6.45, 7) is 5.83. The lowest BCUT2D eigenvalue weighted by atomic mass is 9.97. The number of aromatic hydroxyl groups is 1. The summed E-state index contributed by atoms with van der Waals surface area (Å²) in [4.78, 5) is 26.0. The number of unbranched alkanes of at least 4 members (excludes halogenated alkanes) is 3. The van der Waals surface area contributed by atoms with Crippen LogP contribution in [0.3, 0.4) is 0 Å². The maximum Gasteiger partial charge on any atom is 0.336 e. The van der Waals surface area contributed by atoms with Gasteiger partial charge in [0.15, 0.2) is 5.78 Å². The molecule has 0 spiro atoms. The summed E-state index contributed by atoms with van der Waals surface area (Å²) in [6, 6.07) is 12.7. The minimum absolute atomic E-state index is 0.0982. The maximum absolute atomic E-state index is 12.2. The van der Waals surface area contributed by atoms with E-state index in [0.717, 1.165) is 62.9 Å². The lowest BCUT2D eigenvalue weighted by Crippen LogP contribution is -2.25. The van der Waals surface area contributed by atoms with Gasteiger partial charge in [-0.15, -0.1) is 0 Å². The van der Waals surface area contributed by atoms with Crippen molar-refractivity contribution < 1.29 is 19.8 Å². The summed E-state index contributed by atoms with van der Waals surface area (Å²) in [5.41, 5.74) is 2.16. The highest BCUT2D eigenvalue weighted by Gasteiger charge is 2.20. The molecular weight excluding hydrogens is 390 g/mol. The Balaban J connectivity index is 1.95. The summed E-state index contributed by atoms with van der Waals surface area (Å²) in [5, 5.41) is 20.5. The molecule has 0 saturated heterocycles. The molecule has 0 fully saturated rings. The van der Waals surface area contributed by atoms with E-state index in [1.807, 2.05) is 30.3 Å². The van der Waals surface area contributed by atoms with Gasteiger partial charge in [-0.1, -0.05) is 57.0 Å². The topological polar surface area (TPSA) is 77.8 Å². The predicted molar refractivity (Wildman–Crippen MR) is 125 cm³/mol. The van der Waals surface area contributed by atoms with E-state index in [1.165, 1.54) is 0 Å². The molecule has 0 aliphatic rings. The Morgan fingerprint density at radius 2 is 1.52 bits per heavy atom. The summed E-state index contributed by atoms with van der Waals surface area (Å²) in [7, 11) is 0. The molecule has 0 aromatic heterocycles. The average Bonchev–Trinajstić information content (AvgIpc) is 2.77. The van der Waals surface area contributed by atoms with Crippen molar-refractivity contribution in [3.05, 3.63) is 59.2 Å². The Morgan fingerprint density at radius 3 is 2.13 bits per heavy atom. The molecule has 0 unspecified atom stereocenters. The summed E-state index contributed by atoms with van der Waals surface area (Å²) in [5.74, 6) is -0.755. The zero-order chi connectivity index (χ0) is 22.6. The van der Waals surface area contributed by atoms with Crippen LogP contribution in [0, 0.1) is 0 Å². The van der Waals surface area contributed by atoms with Crippen LogP contribution in [0.15, 0.2) is 42.5 Å². The molecule has 2 aromatic carbocycles. The Kier molecular flexibility index (Phi) is 10.1. The molecule has 5 heteroatoms. The van der Waals surface area contributed by atoms with Crippen LogP contribution in [0.2, 0.25) is 0 Å². The van der Waals surface area contributed by atoms with Gasteiger partial charge in [0.25, 0.3) is 0 Å². The Bertz CT molecular complexity index is 842. The zero-order valence-electron chi connectivity index (χ0n) is 18.8. The number of ketones is 1. The summed E-state index contributed by atoms with van der Waals surface area (Å²) >= 11 is 0. The van der Waals surface area contributed by atoms with Crippen LogP contribution in [0.4, 0.5) is 5.69 Å². The molecule has 0 radical (unpaired) electrons. The molecule has 168 valence electrons. The number of phenolic OH excluding ortho intramolecular Hbond substituents is 1. The molecule has 0 aliphatic carbocycles. The molecule has 5 nitrogen and oxygen atoms in total. The van der Waals surface area contributed by atoms with Crippen molar-refractivity contribution >= 4 is 17.4 Å². The third-order valence-corrected chi connectivity index (χ3v) is 5.50. The van der Waals surface area contributed by atoms with Gasteiger partial charge < -0.3 is 15.1 Å². The number of carbonyl (C=O) groups is 2. The van der Waals surface area contributed by atoms with Gasteiger partial charge in [0, 0.05) is 30.6 Å². The first-order valence-corrected chi connectivity index (χ1v) is 11.4. The number of carbonyl (C=O) groups excluding carboxylic acids is 1. The second-order valence-electron chi connectivity index (χ2n) is 7.96. The number of hydrogen-bond acceptors (Lipinski definition) is 4. The van der Waals surface area contributed by atoms with E-state index >= 15 is 0 Å². The smallest absolute Gasteiger partial charge is 0.336 e. The number of hydrogen-bond donors (Lipinski definition) is 2. The van der Waals surface area contributed by atoms with E-state index in [0.29, 0.717) is 18.4 Å². The van der Waals surface area contributed by atoms with E-state index < -0.39 is 5.97 Å². The summed E-state index contributed by atoms with van der Waals surface area (Å²) < 4.78 is 0. The van der Waals surface area contributed by atoms with E-state index in [1.54, 1.807) is 12.1 Å². The van der Waals surface area contributed by atoms with Crippen molar-refractivity contribution in [2.24, 2.45) is 0 Å². The number of rotatable bonds is 14. The Labute approximate surface area is 185 Å². The highest BCUT2D eigenvalue weighted by Crippen LogP contribution is 2.35. The van der Waals surface area contributed by atoms with Gasteiger partial charge in [-0.2, -0.15) is 0 Å². The number of carboxylic acids is 1. The maximum atomic E-state index is 12.2. The lowest BCUT2D eigenvalue weighted by molar-refractivity contribution is 0.0694. The number of benzene rings is 2. The fourth-order valence-corrected chi connectivity index (χ4v) is 3.93. The molecule has 0 aliphatic heterocycles. The third kappa shape index (κ3) is 7.12. The van der Waals surface area contributed by atoms with Crippen molar-refractivity contribution in [2.75, 3.05) is 18.0 Å². The van der Waals surface area contributed by atoms with Crippen molar-refractivity contribution in [3.63, 3.8) is 0 Å². The lowest BCUT2D eigenvalue weighted by Gasteiger charge is -2.26. The van der Waals surface area contributed by atoms with Crippen LogP contribution in [0.5, 0.6) is 5.75 Å². The molecule has 2 rings (SSSR count). The van der Waals surface area contributed by atoms with Gasteiger partial charge in [0.1, 0.15) is 5.75 Å². The third-order valence-electron chi connectivity index (χ3n) is 5.50. The first-order valence-electron chi connectivity index (χ1n) is 11.4. The van der Waals surface area contributed by atoms with Crippen LogP contribution in [-0.4, -0.2) is 35.1 Å². The zero-order valence-corrected chi connectivity index (χ0v) is 18.8. The van der Waals surface area contributed by atoms with Gasteiger partial charge in [-0.05, 0) is 44.2 Å². The molecule has 0 saturated carbocycles. The van der Waals surface area contributed by atoms with Crippen LogP contribution >= 0.6 is 0 Å². The number of aromatic carboxylic acids is 1. The Hall–Kier alpha value is -2.82. The van der Waals surface area contributed by atoms with Gasteiger partial charge in [-0.3, -0.25) is 4.79 Å². The molecule has 2 aromatic rings. The fourth-order valence-electron chi connectivity index (χ4n) is 3.93. The minimum Gasteiger partial charge on any atom is -0.505 e. The van der Waals surface area contributed by atoms with Crippen molar-refractivity contribution in [1.29, 1.82) is 0 Å². The highest BCUT2D eigenvalue weighted by molar-refractivity contribution is 5.96. The first-order chi connectivity index (χ1) is 15.0. The van der Waals surface area contributed by atoms with Gasteiger partial charge >= 0.3 is 5.97 Å². The molecule has 31 heavy (non-hydrogen) atoms. The molecule has 2 N–H and O–H groups in total. The quantitative estimate of drug-likeness (QED) is 0.283. The van der Waals surface area contributed by atoms with Crippen LogP contribution in [-0.2, 0) is 6.42 Å². The number of carboxylic acid groups (broad SMARTS) is 1. The Morgan fingerprint density at radius 1 is 0.871 bits per heavy atom. The van der Waals surface area contributed by atoms with Crippen LogP contribution in [0.1, 0.15) is 85.1 Å². The second kappa shape index (κ2) is 12.8. The van der Waals surface area contributed by atoms with Crippen molar-refractivity contribution in [3.8, 4) is 5.75 Å². The average molecular weight is 426 g/mol. The largest absolute Gasteiger partial charge is 0.505 e. The predicted octanol–water partition coefficient (Wildman–Crippen LogP) is 6.09. The van der Waals surface area contributed by atoms with Gasteiger partial charge in [-0.25, -0.2) is 4.79 Å². The highest BCUT2D eigenvalue weighted by atomic mass is 16.4. The van der Waals surface area contributed by atoms with Crippen molar-refractivity contribution in [2.45, 2.75) is 65.2 Å². The van der Waals surface area contributed by atoms with Crippen molar-refractivity contribution in [1.82, 2.24) is 0 Å². The van der Waals surface area contributed by atoms with Crippen LogP contribution < -0.4 is 4.90 Å². The number of Topliss-reactive ketones (excluding diaryl/α,β-unsaturated/α-hetero) is 1. The number of anilines is 1. The molecule has 0 bridgehead atoms. The van der Waals surface area contributed by atoms with Crippen LogP contribution in [0.25, 0.3) is 0 Å². The standard InChI is InChI=1S/C26H35NO4/c1-3-18-27(19-4-2)23-17-16-22(26(30)31)21(25(23)29)14-10-5-6-11-15-24(28)20-12-8-7-9-13-20/h7-9,12-13,16-17,29H,3-6,10-11,14-15,18-19H2,1-2H3,(H,30,31). The molecule has 0 amide bonds. The molecule has 0 atom stereocenters. The normalized spacial score (nSPS) is 10.8. The van der Waals surface area contributed by atoms with Gasteiger partial charge in [0.2, 0.25) is 0 Å². The summed E-state index contributed by atoms with van der Waals surface area (Å²) in [6.07, 6.45) is 6.32. The monoisotopic (exact) mass is 425 g/mol.